The molecule has 3 heteroatoms. The molecule has 2 heterocycles. The van der Waals surface area contributed by atoms with Crippen LogP contribution in [0.3, 0.4) is 0 Å². The fourth-order valence-electron chi connectivity index (χ4n) is 9.09. The van der Waals surface area contributed by atoms with E-state index in [2.05, 4.69) is 266 Å². The van der Waals surface area contributed by atoms with Crippen LogP contribution in [0.15, 0.2) is 266 Å². The zero-order chi connectivity index (χ0) is 44.1. The Morgan fingerprint density at radius 3 is 1.12 bits per heavy atom. The van der Waals surface area contributed by atoms with Crippen molar-refractivity contribution in [1.29, 1.82) is 0 Å². The first-order chi connectivity index (χ1) is 32.7. The van der Waals surface area contributed by atoms with E-state index in [4.69, 9.17) is 9.98 Å². The minimum absolute atomic E-state index is 0.353. The standard InChI is InChI=1S/C63H45N3/c1-7-21-44(22-8-1)52-33-19-35-54(41-52)56-43-57(55-36-20-34-53(42-55)45-23-9-2-10-24-45)65-63(64-56)51-39-37-48(38-40-51)58-59(46-25-11-3-12-26-46)61(49-29-15-5-16-30-49)66-62(50-31-17-6-18-32-50)60(58)47-27-13-4-14-28-47/h1-43,63-64H. The lowest BCUT2D eigenvalue weighted by atomic mass is 9.83. The van der Waals surface area contributed by atoms with E-state index in [-0.39, 0.29) is 6.17 Å². The Morgan fingerprint density at radius 1 is 0.288 bits per heavy atom. The van der Waals surface area contributed by atoms with Gasteiger partial charge in [-0.05, 0) is 68.3 Å². The number of allylic oxidation sites excluding steroid dienone is 1. The Morgan fingerprint density at radius 2 is 0.652 bits per heavy atom. The third kappa shape index (κ3) is 8.18. The van der Waals surface area contributed by atoms with E-state index in [0.29, 0.717) is 0 Å². The Labute approximate surface area is 386 Å². The van der Waals surface area contributed by atoms with Crippen molar-refractivity contribution in [2.24, 2.45) is 4.99 Å². The van der Waals surface area contributed by atoms with Gasteiger partial charge in [-0.25, -0.2) is 4.98 Å². The first-order valence-electron chi connectivity index (χ1n) is 22.5. The summed E-state index contributed by atoms with van der Waals surface area (Å²) in [4.78, 5) is 11.1. The maximum atomic E-state index is 5.63. The highest BCUT2D eigenvalue weighted by Crippen LogP contribution is 2.49. The molecule has 0 spiro atoms. The predicted molar refractivity (Wildman–Crippen MR) is 276 cm³/mol. The quantitative estimate of drug-likeness (QED) is 0.149. The molecule has 1 aliphatic heterocycles. The SMILES string of the molecule is C1=C(c2cccc(-c3ccccc3)c2)NC(c2ccc(-c3c(-c4ccccc4)c(-c4ccccc4)nc(-c4ccccc4)c3-c3ccccc3)cc2)N=C1c1cccc(-c2ccccc2)c1. The summed E-state index contributed by atoms with van der Waals surface area (Å²) in [6.07, 6.45) is 1.85. The number of hydrogen-bond donors (Lipinski definition) is 1. The molecule has 10 aromatic rings. The molecule has 0 fully saturated rings. The van der Waals surface area contributed by atoms with Crippen molar-refractivity contribution in [3.05, 3.63) is 278 Å². The molecule has 1 unspecified atom stereocenters. The average molecular weight is 844 g/mol. The maximum Gasteiger partial charge on any atom is 0.145 e. The van der Waals surface area contributed by atoms with Gasteiger partial charge in [0.1, 0.15) is 6.17 Å². The van der Waals surface area contributed by atoms with Gasteiger partial charge >= 0.3 is 0 Å². The van der Waals surface area contributed by atoms with Gasteiger partial charge in [-0.1, -0.05) is 243 Å². The number of nitrogens with zero attached hydrogens (tertiary/aromatic N) is 2. The van der Waals surface area contributed by atoms with Crippen molar-refractivity contribution >= 4 is 11.4 Å². The van der Waals surface area contributed by atoms with Crippen LogP contribution in [-0.4, -0.2) is 10.7 Å². The largest absolute Gasteiger partial charge is 0.360 e. The summed E-state index contributed by atoms with van der Waals surface area (Å²) < 4.78 is 0. The van der Waals surface area contributed by atoms with Crippen molar-refractivity contribution in [2.75, 3.05) is 0 Å². The van der Waals surface area contributed by atoms with E-state index < -0.39 is 0 Å². The fourth-order valence-corrected chi connectivity index (χ4v) is 9.09. The van der Waals surface area contributed by atoms with E-state index in [1.807, 2.05) is 0 Å². The fraction of sp³-hybridized carbons (Fsp3) is 0.0159. The molecule has 1 N–H and O–H groups in total. The van der Waals surface area contributed by atoms with Crippen molar-refractivity contribution in [1.82, 2.24) is 10.3 Å². The molecule has 1 atom stereocenters. The lowest BCUT2D eigenvalue weighted by Crippen LogP contribution is -2.24. The van der Waals surface area contributed by atoms with Gasteiger partial charge < -0.3 is 5.32 Å². The number of pyridine rings is 1. The molecule has 0 radical (unpaired) electrons. The van der Waals surface area contributed by atoms with E-state index in [1.165, 1.54) is 11.1 Å². The van der Waals surface area contributed by atoms with Crippen LogP contribution in [0.25, 0.3) is 83.8 Å². The number of nitrogens with one attached hydrogen (secondary N) is 1. The molecule has 1 aromatic heterocycles. The van der Waals surface area contributed by atoms with Crippen molar-refractivity contribution in [3.63, 3.8) is 0 Å². The minimum atomic E-state index is -0.353. The third-order valence-corrected chi connectivity index (χ3v) is 12.3. The molecule has 312 valence electrons. The van der Waals surface area contributed by atoms with E-state index in [1.54, 1.807) is 0 Å². The van der Waals surface area contributed by atoms with Gasteiger partial charge in [-0.2, -0.15) is 0 Å². The maximum absolute atomic E-state index is 5.63. The van der Waals surface area contributed by atoms with Crippen LogP contribution >= 0.6 is 0 Å². The highest BCUT2D eigenvalue weighted by atomic mass is 15.1. The molecule has 3 nitrogen and oxygen atoms in total. The molecule has 66 heavy (non-hydrogen) atoms. The molecule has 0 aliphatic carbocycles. The lowest BCUT2D eigenvalue weighted by molar-refractivity contribution is 0.664. The molecular formula is C63H45N3. The summed E-state index contributed by atoms with van der Waals surface area (Å²) in [6, 6.07) is 90.2. The molecule has 11 rings (SSSR count). The smallest absolute Gasteiger partial charge is 0.145 e. The predicted octanol–water partition coefficient (Wildman–Crippen LogP) is 15.9. The van der Waals surface area contributed by atoms with Gasteiger partial charge in [0, 0.05) is 39.1 Å². The van der Waals surface area contributed by atoms with Crippen molar-refractivity contribution in [3.8, 4) is 78.1 Å². The number of aromatic nitrogens is 1. The topological polar surface area (TPSA) is 37.3 Å². The second-order valence-electron chi connectivity index (χ2n) is 16.5. The number of benzene rings is 9. The first kappa shape index (κ1) is 40.1. The monoisotopic (exact) mass is 843 g/mol. The Hall–Kier alpha value is -8.66. The third-order valence-electron chi connectivity index (χ3n) is 12.3. The number of hydrogen-bond acceptors (Lipinski definition) is 3. The van der Waals surface area contributed by atoms with Gasteiger partial charge in [-0.15, -0.1) is 0 Å². The van der Waals surface area contributed by atoms with Gasteiger partial charge in [0.05, 0.1) is 17.1 Å². The van der Waals surface area contributed by atoms with Gasteiger partial charge in [0.25, 0.3) is 0 Å². The van der Waals surface area contributed by atoms with Gasteiger partial charge in [-0.3, -0.25) is 4.99 Å². The summed E-state index contributed by atoms with van der Waals surface area (Å²) in [6.45, 7) is 0. The number of aliphatic imine (C=N–C) groups is 1. The minimum Gasteiger partial charge on any atom is -0.360 e. The molecule has 9 aromatic carbocycles. The van der Waals surface area contributed by atoms with Crippen LogP contribution in [0.1, 0.15) is 22.9 Å². The molecular weight excluding hydrogens is 799 g/mol. The Balaban J connectivity index is 1.09. The normalized spacial score (nSPS) is 13.3. The van der Waals surface area contributed by atoms with E-state index >= 15 is 0 Å². The number of rotatable bonds is 10. The zero-order valence-corrected chi connectivity index (χ0v) is 36.3. The lowest BCUT2D eigenvalue weighted by Gasteiger charge is -2.26. The van der Waals surface area contributed by atoms with Gasteiger partial charge in [0.2, 0.25) is 0 Å². The molecule has 0 amide bonds. The first-order valence-corrected chi connectivity index (χ1v) is 22.5. The second-order valence-corrected chi connectivity index (χ2v) is 16.5. The molecule has 0 bridgehead atoms. The Bertz CT molecular complexity index is 3230. The highest BCUT2D eigenvalue weighted by Gasteiger charge is 2.26. The molecule has 0 saturated heterocycles. The average Bonchev–Trinajstić information content (AvgIpc) is 3.42. The Kier molecular flexibility index (Phi) is 11.1. The van der Waals surface area contributed by atoms with Crippen LogP contribution in [0, 0.1) is 0 Å². The highest BCUT2D eigenvalue weighted by molar-refractivity contribution is 6.13. The summed E-state index contributed by atoms with van der Waals surface area (Å²) in [5.74, 6) is 0. The second kappa shape index (κ2) is 18.2. The zero-order valence-electron chi connectivity index (χ0n) is 36.3. The summed E-state index contributed by atoms with van der Waals surface area (Å²) in [7, 11) is 0. The van der Waals surface area contributed by atoms with E-state index in [0.717, 1.165) is 95.1 Å². The van der Waals surface area contributed by atoms with Crippen LogP contribution in [0.2, 0.25) is 0 Å². The van der Waals surface area contributed by atoms with Crippen LogP contribution < -0.4 is 5.32 Å². The summed E-state index contributed by atoms with van der Waals surface area (Å²) in [5, 5.41) is 3.87. The molecule has 1 aliphatic rings. The summed E-state index contributed by atoms with van der Waals surface area (Å²) >= 11 is 0. The molecule has 0 saturated carbocycles. The van der Waals surface area contributed by atoms with Crippen molar-refractivity contribution < 1.29 is 0 Å². The van der Waals surface area contributed by atoms with Crippen LogP contribution in [-0.2, 0) is 0 Å². The van der Waals surface area contributed by atoms with Crippen LogP contribution in [0.4, 0.5) is 0 Å². The van der Waals surface area contributed by atoms with E-state index in [9.17, 15) is 0 Å². The summed E-state index contributed by atoms with van der Waals surface area (Å²) in [5.41, 5.74) is 20.4. The van der Waals surface area contributed by atoms with Crippen LogP contribution in [0.5, 0.6) is 0 Å². The van der Waals surface area contributed by atoms with Crippen molar-refractivity contribution in [2.45, 2.75) is 6.17 Å². The van der Waals surface area contributed by atoms with Gasteiger partial charge in [0.15, 0.2) is 0 Å².